The zero-order valence-corrected chi connectivity index (χ0v) is 27.9. The van der Waals surface area contributed by atoms with E-state index < -0.39 is 23.5 Å². The molecular weight excluding hydrogens is 642 g/mol. The molecule has 3 aromatic carbocycles. The molecule has 2 heterocycles. The molecule has 8 nitrogen and oxygen atoms in total. The Hall–Kier alpha value is -4.12. The number of carbonyl (C=O) groups is 2. The molecule has 0 bridgehead atoms. The van der Waals surface area contributed by atoms with Crippen LogP contribution >= 0.6 is 34.7 Å². The van der Waals surface area contributed by atoms with Crippen LogP contribution in [0.4, 0.5) is 5.13 Å². The van der Waals surface area contributed by atoms with E-state index in [4.69, 9.17) is 21.1 Å². The van der Waals surface area contributed by atoms with Gasteiger partial charge in [0.15, 0.2) is 27.4 Å². The van der Waals surface area contributed by atoms with Gasteiger partial charge in [0.05, 0.1) is 24.8 Å². The number of unbranched alkanes of at least 4 members (excludes halogenated alkanes) is 2. The van der Waals surface area contributed by atoms with Crippen LogP contribution < -0.4 is 14.4 Å². The largest absolute Gasteiger partial charge is 0.503 e. The highest BCUT2D eigenvalue weighted by Crippen LogP contribution is 2.45. The first-order valence-electron chi connectivity index (χ1n) is 15.0. The van der Waals surface area contributed by atoms with Gasteiger partial charge in [-0.2, -0.15) is 0 Å². The predicted molar refractivity (Wildman–Crippen MR) is 184 cm³/mol. The molecule has 4 aromatic rings. The van der Waals surface area contributed by atoms with E-state index in [-0.39, 0.29) is 10.7 Å². The number of ketones is 1. The van der Waals surface area contributed by atoms with Crippen LogP contribution in [0.3, 0.4) is 0 Å². The van der Waals surface area contributed by atoms with Crippen LogP contribution in [-0.4, -0.2) is 40.2 Å². The van der Waals surface area contributed by atoms with E-state index in [1.165, 1.54) is 34.1 Å². The molecule has 5 rings (SSSR count). The second kappa shape index (κ2) is 15.9. The summed E-state index contributed by atoms with van der Waals surface area (Å²) in [6, 6.07) is 21.2. The zero-order chi connectivity index (χ0) is 32.5. The molecule has 46 heavy (non-hydrogen) atoms. The second-order valence-corrected chi connectivity index (χ2v) is 13.0. The normalized spacial score (nSPS) is 14.8. The van der Waals surface area contributed by atoms with E-state index >= 15 is 0 Å². The third kappa shape index (κ3) is 7.99. The number of hydrogen-bond donors (Lipinski definition) is 1. The number of benzene rings is 3. The number of amides is 1. The molecule has 1 N–H and O–H groups in total. The molecule has 0 spiro atoms. The summed E-state index contributed by atoms with van der Waals surface area (Å²) >= 11 is 8.69. The van der Waals surface area contributed by atoms with Crippen LogP contribution in [0.1, 0.15) is 55.8 Å². The monoisotopic (exact) mass is 675 g/mol. The topological polar surface area (TPSA) is 102 Å². The molecule has 0 saturated heterocycles. The zero-order valence-electron chi connectivity index (χ0n) is 25.5. The van der Waals surface area contributed by atoms with Crippen LogP contribution in [0.15, 0.2) is 94.5 Å². The van der Waals surface area contributed by atoms with Crippen LogP contribution in [0.2, 0.25) is 5.02 Å². The van der Waals surface area contributed by atoms with Gasteiger partial charge in [-0.15, -0.1) is 10.2 Å². The Bertz CT molecular complexity index is 1720. The van der Waals surface area contributed by atoms with Crippen molar-refractivity contribution in [2.24, 2.45) is 0 Å². The van der Waals surface area contributed by atoms with Gasteiger partial charge in [-0.1, -0.05) is 109 Å². The molecule has 238 valence electrons. The fourth-order valence-electron chi connectivity index (χ4n) is 4.90. The van der Waals surface area contributed by atoms with Crippen molar-refractivity contribution in [3.63, 3.8) is 0 Å². The Morgan fingerprint density at radius 2 is 1.80 bits per heavy atom. The third-order valence-electron chi connectivity index (χ3n) is 7.17. The van der Waals surface area contributed by atoms with Gasteiger partial charge in [0.2, 0.25) is 5.13 Å². The van der Waals surface area contributed by atoms with E-state index in [1.54, 1.807) is 24.3 Å². The van der Waals surface area contributed by atoms with Crippen LogP contribution in [-0.2, 0) is 15.3 Å². The molecule has 0 radical (unpaired) electrons. The average molecular weight is 676 g/mol. The minimum Gasteiger partial charge on any atom is -0.503 e. The summed E-state index contributed by atoms with van der Waals surface area (Å²) in [4.78, 5) is 28.7. The minimum atomic E-state index is -0.976. The van der Waals surface area contributed by atoms with Gasteiger partial charge in [-0.05, 0) is 60.4 Å². The molecule has 1 aliphatic heterocycles. The molecule has 0 aliphatic carbocycles. The lowest BCUT2D eigenvalue weighted by molar-refractivity contribution is -0.117. The van der Waals surface area contributed by atoms with Gasteiger partial charge in [0.25, 0.3) is 5.91 Å². The Balaban J connectivity index is 1.49. The number of aromatic nitrogens is 2. The predicted octanol–water partition coefficient (Wildman–Crippen LogP) is 8.63. The van der Waals surface area contributed by atoms with Gasteiger partial charge in [-0.25, -0.2) is 0 Å². The lowest BCUT2D eigenvalue weighted by atomic mass is 9.95. The molecule has 11 heteroatoms. The molecule has 1 unspecified atom stereocenters. The van der Waals surface area contributed by atoms with Gasteiger partial charge < -0.3 is 14.6 Å². The fourth-order valence-corrected chi connectivity index (χ4v) is 6.85. The Labute approximate surface area is 281 Å². The van der Waals surface area contributed by atoms with Crippen molar-refractivity contribution in [2.45, 2.75) is 49.2 Å². The first-order valence-corrected chi connectivity index (χ1v) is 17.2. The summed E-state index contributed by atoms with van der Waals surface area (Å²) < 4.78 is 12.6. The molecule has 1 amide bonds. The highest BCUT2D eigenvalue weighted by Gasteiger charge is 2.45. The molecular formula is C35H34ClN3O5S2. The number of thioether (sulfide) groups is 1. The number of aliphatic hydroxyl groups excluding tert-OH is 1. The number of halogens is 1. The van der Waals surface area contributed by atoms with Crippen LogP contribution in [0.25, 0.3) is 6.08 Å². The quantitative estimate of drug-likeness (QED) is 0.0578. The lowest BCUT2D eigenvalue weighted by Crippen LogP contribution is -2.31. The minimum absolute atomic E-state index is 0.0539. The maximum Gasteiger partial charge on any atom is 0.296 e. The Morgan fingerprint density at radius 1 is 1.02 bits per heavy atom. The summed E-state index contributed by atoms with van der Waals surface area (Å²) in [5.74, 6) is -0.182. The van der Waals surface area contributed by atoms with Gasteiger partial charge >= 0.3 is 0 Å². The van der Waals surface area contributed by atoms with Crippen molar-refractivity contribution >= 4 is 57.6 Å². The summed E-state index contributed by atoms with van der Waals surface area (Å²) in [7, 11) is 0. The number of nitrogens with zero attached hydrogens (tertiary/aromatic N) is 3. The van der Waals surface area contributed by atoms with Crippen molar-refractivity contribution in [1.82, 2.24) is 10.2 Å². The number of carbonyl (C=O) groups excluding carboxylic acids is 2. The fraction of sp³-hybridized carbons (Fsp3) is 0.257. The average Bonchev–Trinajstić information content (AvgIpc) is 3.64. The highest BCUT2D eigenvalue weighted by atomic mass is 35.5. The highest BCUT2D eigenvalue weighted by molar-refractivity contribution is 8.00. The van der Waals surface area contributed by atoms with Crippen LogP contribution in [0.5, 0.6) is 11.5 Å². The number of aliphatic hydroxyl groups is 1. The Kier molecular flexibility index (Phi) is 11.5. The first kappa shape index (κ1) is 33.2. The molecule has 1 aromatic heterocycles. The maximum atomic E-state index is 13.7. The number of hydrogen-bond acceptors (Lipinski definition) is 9. The van der Waals surface area contributed by atoms with E-state index in [2.05, 4.69) is 17.1 Å². The third-order valence-corrected chi connectivity index (χ3v) is 9.55. The standard InChI is InChI=1S/C35H34ClN3O5S2/c1-3-5-9-20-44-28-19-15-25(21-29(28)43-4-2)31-30(27(40)18-14-23-10-7-6-8-11-23)32(41)33(42)39(31)34-37-38-35(46-34)45-22-24-12-16-26(36)17-13-24/h6-8,10-19,21,31,41H,3-5,9,20,22H2,1-2H3/b18-14+. The number of ether oxygens (including phenoxy) is 2. The first-order chi connectivity index (χ1) is 22.4. The van der Waals surface area contributed by atoms with Crippen molar-refractivity contribution in [2.75, 3.05) is 18.1 Å². The SMILES string of the molecule is CCCCCOc1ccc(C2C(C(=O)/C=C/c3ccccc3)=C(O)C(=O)N2c2nnc(SCc3ccc(Cl)cc3)s2)cc1OCC. The van der Waals surface area contributed by atoms with E-state index in [1.807, 2.05) is 61.5 Å². The summed E-state index contributed by atoms with van der Waals surface area (Å²) in [5.41, 5.74) is 2.37. The summed E-state index contributed by atoms with van der Waals surface area (Å²) in [5, 5.41) is 20.7. The van der Waals surface area contributed by atoms with Crippen molar-refractivity contribution in [3.05, 3.63) is 112 Å². The lowest BCUT2D eigenvalue weighted by Gasteiger charge is -2.24. The molecule has 0 saturated carbocycles. The maximum absolute atomic E-state index is 13.7. The number of anilines is 1. The van der Waals surface area contributed by atoms with E-state index in [0.29, 0.717) is 45.4 Å². The van der Waals surface area contributed by atoms with Crippen molar-refractivity contribution < 1.29 is 24.2 Å². The van der Waals surface area contributed by atoms with Gasteiger partial charge in [0.1, 0.15) is 0 Å². The summed E-state index contributed by atoms with van der Waals surface area (Å²) in [6.45, 7) is 4.93. The van der Waals surface area contributed by atoms with Crippen LogP contribution in [0, 0.1) is 0 Å². The number of rotatable bonds is 15. The van der Waals surface area contributed by atoms with Crippen molar-refractivity contribution in [3.8, 4) is 11.5 Å². The van der Waals surface area contributed by atoms with E-state index in [9.17, 15) is 14.7 Å². The molecule has 1 atom stereocenters. The number of allylic oxidation sites excluding steroid dienone is 1. The van der Waals surface area contributed by atoms with Gasteiger partial charge in [0, 0.05) is 10.8 Å². The van der Waals surface area contributed by atoms with E-state index in [0.717, 1.165) is 30.4 Å². The Morgan fingerprint density at radius 3 is 2.54 bits per heavy atom. The molecule has 1 aliphatic rings. The molecule has 0 fully saturated rings. The second-order valence-electron chi connectivity index (χ2n) is 10.4. The smallest absolute Gasteiger partial charge is 0.296 e. The van der Waals surface area contributed by atoms with Crippen molar-refractivity contribution in [1.29, 1.82) is 0 Å². The van der Waals surface area contributed by atoms with Gasteiger partial charge in [-0.3, -0.25) is 14.5 Å². The summed E-state index contributed by atoms with van der Waals surface area (Å²) in [6.07, 6.45) is 6.06.